The molecule has 3 heterocycles. The minimum atomic E-state index is -2.30. The minimum Gasteiger partial charge on any atom is -0.426 e. The molecule has 3 unspecified atom stereocenters. The molecule has 71 heavy (non-hydrogen) atoms. The first kappa shape index (κ1) is 48.5. The second-order valence-corrected chi connectivity index (χ2v) is 24.3. The van der Waals surface area contributed by atoms with Crippen molar-refractivity contribution in [3.63, 3.8) is 0 Å². The van der Waals surface area contributed by atoms with Gasteiger partial charge in [0.05, 0.1) is 0 Å². The van der Waals surface area contributed by atoms with Crippen molar-refractivity contribution in [1.29, 1.82) is 0 Å². The van der Waals surface area contributed by atoms with E-state index in [1.165, 1.54) is 0 Å². The highest BCUT2D eigenvalue weighted by Gasteiger charge is 2.68. The van der Waals surface area contributed by atoms with Crippen LogP contribution in [0.4, 0.5) is 0 Å². The topological polar surface area (TPSA) is 89.5 Å². The van der Waals surface area contributed by atoms with E-state index in [0.29, 0.717) is 45.3 Å². The molecule has 0 spiro atoms. The number of hydrogen-bond acceptors (Lipinski definition) is 8. The summed E-state index contributed by atoms with van der Waals surface area (Å²) in [5.74, 6) is 2.12. The maximum absolute atomic E-state index is 13.4. The lowest BCUT2D eigenvalue weighted by molar-refractivity contribution is 0.00259. The standard InChI is InChI=1S/C61H60O8P2/c1-56(2,3)44-35-50(58(7,8)9)55-52(36-44)64-70(67-55)65-53-45(31-39(37-62)33-49(53)57(4,5)6)46-32-40(38-63)34-51-54(46)66-71-68-60(41-23-15-12-16-24-41,42-25-17-13-18-26-42)61(69-71,43-27-19-14-20-28-43)48-30-22-21-29-47(48)59(51,10)11/h12-38H,1-11H3. The molecule has 0 aliphatic carbocycles. The van der Waals surface area contributed by atoms with Crippen LogP contribution in [0.1, 0.15) is 147 Å². The third-order valence-electron chi connectivity index (χ3n) is 14.1. The summed E-state index contributed by atoms with van der Waals surface area (Å²) in [6, 6.07) is 50.7. The normalized spacial score (nSPS) is 19.8. The average molecular weight is 983 g/mol. The molecule has 10 heteroatoms. The van der Waals surface area contributed by atoms with E-state index in [1.54, 1.807) is 12.1 Å². The van der Waals surface area contributed by atoms with Crippen molar-refractivity contribution in [2.24, 2.45) is 0 Å². The molecule has 2 bridgehead atoms. The van der Waals surface area contributed by atoms with Gasteiger partial charge in [-0.1, -0.05) is 197 Å². The first-order chi connectivity index (χ1) is 33.7. The van der Waals surface area contributed by atoms with Gasteiger partial charge in [0.15, 0.2) is 22.7 Å². The fourth-order valence-electron chi connectivity index (χ4n) is 10.4. The molecule has 3 aliphatic rings. The van der Waals surface area contributed by atoms with E-state index in [0.717, 1.165) is 62.6 Å². The lowest BCUT2D eigenvalue weighted by Crippen LogP contribution is -2.50. The zero-order valence-electron chi connectivity index (χ0n) is 42.2. The zero-order valence-corrected chi connectivity index (χ0v) is 44.0. The molecular weight excluding hydrogens is 923 g/mol. The van der Waals surface area contributed by atoms with Gasteiger partial charge >= 0.3 is 17.2 Å². The second-order valence-electron chi connectivity index (χ2n) is 22.4. The van der Waals surface area contributed by atoms with Crippen LogP contribution < -0.4 is 18.1 Å². The molecule has 3 atom stereocenters. The molecule has 7 aromatic carbocycles. The molecule has 0 amide bonds. The van der Waals surface area contributed by atoms with Gasteiger partial charge in [-0.15, -0.1) is 0 Å². The van der Waals surface area contributed by atoms with E-state index in [1.807, 2.05) is 78.9 Å². The molecule has 0 N–H and O–H groups in total. The lowest BCUT2D eigenvalue weighted by Gasteiger charge is -2.46. The minimum absolute atomic E-state index is 0.161. The summed E-state index contributed by atoms with van der Waals surface area (Å²) >= 11 is 0. The maximum Gasteiger partial charge on any atom is 0.530 e. The molecule has 0 saturated carbocycles. The maximum atomic E-state index is 13.4. The van der Waals surface area contributed by atoms with Crippen LogP contribution in [0.2, 0.25) is 0 Å². The van der Waals surface area contributed by atoms with Crippen molar-refractivity contribution in [1.82, 2.24) is 0 Å². The van der Waals surface area contributed by atoms with Crippen molar-refractivity contribution in [3.05, 3.63) is 213 Å². The Morgan fingerprint density at radius 1 is 0.479 bits per heavy atom. The number of carbonyl (C=O) groups is 2. The lowest BCUT2D eigenvalue weighted by atomic mass is 9.62. The van der Waals surface area contributed by atoms with Crippen LogP contribution in [0.25, 0.3) is 11.1 Å². The largest absolute Gasteiger partial charge is 0.530 e. The Hall–Kier alpha value is -6.14. The van der Waals surface area contributed by atoms with Gasteiger partial charge in [0, 0.05) is 44.4 Å². The van der Waals surface area contributed by atoms with Crippen LogP contribution in [0, 0.1) is 0 Å². The molecule has 7 aromatic rings. The molecular formula is C61H60O8P2. The Bertz CT molecular complexity index is 3150. The summed E-state index contributed by atoms with van der Waals surface area (Å²) in [7, 11) is -4.38. The Morgan fingerprint density at radius 2 is 0.986 bits per heavy atom. The van der Waals surface area contributed by atoms with Crippen LogP contribution in [-0.4, -0.2) is 12.6 Å². The Morgan fingerprint density at radius 3 is 1.54 bits per heavy atom. The van der Waals surface area contributed by atoms with E-state index in [4.69, 9.17) is 27.1 Å². The molecule has 1 saturated heterocycles. The van der Waals surface area contributed by atoms with Gasteiger partial charge in [-0.3, -0.25) is 18.6 Å². The average Bonchev–Trinajstić information content (AvgIpc) is 3.93. The molecule has 8 nitrogen and oxygen atoms in total. The molecule has 0 aromatic heterocycles. The molecule has 0 radical (unpaired) electrons. The number of fused-ring (bicyclic) bond motifs is 6. The van der Waals surface area contributed by atoms with Crippen molar-refractivity contribution in [2.45, 2.75) is 109 Å². The van der Waals surface area contributed by atoms with E-state index < -0.39 is 39.2 Å². The van der Waals surface area contributed by atoms with Gasteiger partial charge in [0.2, 0.25) is 0 Å². The first-order valence-corrected chi connectivity index (χ1v) is 26.3. The van der Waals surface area contributed by atoms with Crippen LogP contribution in [0.3, 0.4) is 0 Å². The summed E-state index contributed by atoms with van der Waals surface area (Å²) in [5.41, 5.74) is 5.40. The van der Waals surface area contributed by atoms with Crippen molar-refractivity contribution < 1.29 is 36.7 Å². The zero-order chi connectivity index (χ0) is 50.3. The van der Waals surface area contributed by atoms with Gasteiger partial charge in [0.25, 0.3) is 0 Å². The van der Waals surface area contributed by atoms with Gasteiger partial charge < -0.3 is 18.1 Å². The van der Waals surface area contributed by atoms with E-state index in [2.05, 4.69) is 137 Å². The SMILES string of the molecule is CC(C)(C)c1cc2c(c(C(C)(C)C)c1)OP(Oc1c(-c3cc(C=O)cc4c3OP3OC(c5ccccc5)(c5ccccc5)C(c5ccccc5)(O3)c3ccccc3C4(C)C)cc(C=O)cc1C(C)(C)C)O2. The van der Waals surface area contributed by atoms with Crippen molar-refractivity contribution >= 4 is 29.8 Å². The van der Waals surface area contributed by atoms with Gasteiger partial charge in [0.1, 0.15) is 24.1 Å². The second kappa shape index (κ2) is 17.6. The Kier molecular flexibility index (Phi) is 12.0. The van der Waals surface area contributed by atoms with Crippen LogP contribution in [-0.2, 0) is 41.9 Å². The predicted octanol–water partition coefficient (Wildman–Crippen LogP) is 16.1. The molecule has 362 valence electrons. The van der Waals surface area contributed by atoms with E-state index >= 15 is 0 Å². The van der Waals surface area contributed by atoms with Crippen LogP contribution in [0.5, 0.6) is 23.0 Å². The van der Waals surface area contributed by atoms with Crippen LogP contribution >= 0.6 is 17.2 Å². The first-order valence-electron chi connectivity index (χ1n) is 24.1. The van der Waals surface area contributed by atoms with Crippen LogP contribution in [0.15, 0.2) is 152 Å². The summed E-state index contributed by atoms with van der Waals surface area (Å²) in [4.78, 5) is 26.5. The quantitative estimate of drug-likeness (QED) is 0.110. The number of rotatable bonds is 8. The third kappa shape index (κ3) is 8.08. The van der Waals surface area contributed by atoms with Crippen molar-refractivity contribution in [3.8, 4) is 34.1 Å². The summed E-state index contributed by atoms with van der Waals surface area (Å²) in [6.07, 6.45) is 1.69. The third-order valence-corrected chi connectivity index (χ3v) is 16.3. The molecule has 10 rings (SSSR count). The monoisotopic (exact) mass is 982 g/mol. The Labute approximate surface area is 420 Å². The molecule has 3 aliphatic heterocycles. The van der Waals surface area contributed by atoms with Crippen molar-refractivity contribution in [2.75, 3.05) is 0 Å². The number of aldehydes is 2. The summed E-state index contributed by atoms with van der Waals surface area (Å²) < 4.78 is 43.4. The fraction of sp³-hybridized carbons (Fsp3) is 0.279. The van der Waals surface area contributed by atoms with Gasteiger partial charge in [-0.25, -0.2) is 0 Å². The molecule has 1 fully saturated rings. The summed E-state index contributed by atoms with van der Waals surface area (Å²) in [6.45, 7) is 23.6. The fourth-order valence-corrected chi connectivity index (χ4v) is 13.1. The smallest absolute Gasteiger partial charge is 0.426 e. The predicted molar refractivity (Wildman–Crippen MR) is 283 cm³/mol. The Balaban J connectivity index is 1.24. The van der Waals surface area contributed by atoms with E-state index in [-0.39, 0.29) is 10.8 Å². The highest BCUT2D eigenvalue weighted by molar-refractivity contribution is 7.43. The summed E-state index contributed by atoms with van der Waals surface area (Å²) in [5, 5.41) is 0. The number of benzene rings is 7. The highest BCUT2D eigenvalue weighted by atomic mass is 31.2. The number of hydrogen-bond donors (Lipinski definition) is 0. The van der Waals surface area contributed by atoms with E-state index in [9.17, 15) is 9.59 Å². The highest BCUT2D eigenvalue weighted by Crippen LogP contribution is 2.73. The van der Waals surface area contributed by atoms with Gasteiger partial charge in [-0.2, -0.15) is 0 Å². The number of carbonyl (C=O) groups excluding carboxylic acids is 2. The van der Waals surface area contributed by atoms with Gasteiger partial charge in [-0.05, 0) is 80.0 Å².